The molecule has 7 nitrogen and oxygen atoms in total. The molecule has 3 aromatic rings. The topological polar surface area (TPSA) is 98.6 Å². The molecule has 1 atom stereocenters. The van der Waals surface area contributed by atoms with Crippen molar-refractivity contribution < 1.29 is 4.79 Å². The molecule has 120 valence electrons. The molecule has 1 fully saturated rings. The smallest absolute Gasteiger partial charge is 0.236 e. The van der Waals surface area contributed by atoms with Crippen LogP contribution in [0.25, 0.3) is 21.9 Å². The number of hydrogen-bond acceptors (Lipinski definition) is 5. The number of rotatable bonds is 2. The number of carbonyl (C=O) groups is 1. The van der Waals surface area contributed by atoms with Crippen molar-refractivity contribution in [2.75, 3.05) is 13.1 Å². The maximum atomic E-state index is 12.1. The number of H-pyrrole nitrogens is 1. The molecule has 7 heteroatoms. The summed E-state index contributed by atoms with van der Waals surface area (Å²) >= 11 is 0. The van der Waals surface area contributed by atoms with Gasteiger partial charge < -0.3 is 9.88 Å². The van der Waals surface area contributed by atoms with Crippen LogP contribution in [-0.2, 0) is 4.79 Å². The Morgan fingerprint density at radius 1 is 1.42 bits per heavy atom. The highest BCUT2D eigenvalue weighted by molar-refractivity contribution is 6.04. The average molecular weight is 320 g/mol. The molecule has 0 bridgehead atoms. The number of nitrogens with one attached hydrogen (secondary N) is 1. The molecule has 0 unspecified atom stereocenters. The van der Waals surface area contributed by atoms with E-state index in [0.717, 1.165) is 40.5 Å². The SMILES string of the molecule is N#CCC(=O)N1CCC[C@H](c2ncnc3cnc4[nH]ccc4c23)C1. The maximum Gasteiger partial charge on any atom is 0.236 e. The number of aromatic amines is 1. The molecule has 0 aliphatic carbocycles. The number of carbonyl (C=O) groups excluding carboxylic acids is 1. The molecular formula is C17H16N6O. The Labute approximate surface area is 138 Å². The Hall–Kier alpha value is -3.01. The van der Waals surface area contributed by atoms with Gasteiger partial charge in [-0.15, -0.1) is 0 Å². The van der Waals surface area contributed by atoms with Gasteiger partial charge in [0.1, 0.15) is 18.4 Å². The van der Waals surface area contributed by atoms with Crippen LogP contribution in [0.4, 0.5) is 0 Å². The third-order valence-corrected chi connectivity index (χ3v) is 4.61. The summed E-state index contributed by atoms with van der Waals surface area (Å²) in [5.74, 6) is 0.0430. The van der Waals surface area contributed by atoms with Crippen molar-refractivity contribution in [3.63, 3.8) is 0 Å². The van der Waals surface area contributed by atoms with Crippen molar-refractivity contribution in [2.24, 2.45) is 0 Å². The van der Waals surface area contributed by atoms with Gasteiger partial charge >= 0.3 is 0 Å². The van der Waals surface area contributed by atoms with E-state index < -0.39 is 0 Å². The highest BCUT2D eigenvalue weighted by Gasteiger charge is 2.27. The van der Waals surface area contributed by atoms with Crippen LogP contribution < -0.4 is 0 Å². The maximum absolute atomic E-state index is 12.1. The van der Waals surface area contributed by atoms with E-state index >= 15 is 0 Å². The molecule has 0 radical (unpaired) electrons. The van der Waals surface area contributed by atoms with Crippen molar-refractivity contribution in [3.05, 3.63) is 30.5 Å². The summed E-state index contributed by atoms with van der Waals surface area (Å²) in [5, 5.41) is 10.8. The summed E-state index contributed by atoms with van der Waals surface area (Å²) in [5.41, 5.74) is 2.58. The lowest BCUT2D eigenvalue weighted by Gasteiger charge is -2.32. The zero-order valence-electron chi connectivity index (χ0n) is 13.1. The Kier molecular flexibility index (Phi) is 3.58. The average Bonchev–Trinajstić information content (AvgIpc) is 3.10. The fraction of sp³-hybridized carbons (Fsp3) is 0.353. The molecule has 1 amide bonds. The lowest BCUT2D eigenvalue weighted by molar-refractivity contribution is -0.131. The highest BCUT2D eigenvalue weighted by Crippen LogP contribution is 2.33. The summed E-state index contributed by atoms with van der Waals surface area (Å²) in [6.07, 6.45) is 6.99. The normalized spacial score (nSPS) is 18.0. The number of fused-ring (bicyclic) bond motifs is 3. The molecule has 4 heterocycles. The fourth-order valence-corrected chi connectivity index (χ4v) is 3.50. The zero-order valence-corrected chi connectivity index (χ0v) is 13.1. The molecule has 24 heavy (non-hydrogen) atoms. The summed E-state index contributed by atoms with van der Waals surface area (Å²) in [4.78, 5) is 30.2. The van der Waals surface area contributed by atoms with E-state index in [-0.39, 0.29) is 18.2 Å². The van der Waals surface area contributed by atoms with E-state index in [0.29, 0.717) is 13.1 Å². The molecule has 0 saturated carbocycles. The van der Waals surface area contributed by atoms with Gasteiger partial charge in [0.05, 0.1) is 23.5 Å². The number of nitriles is 1. The second kappa shape index (κ2) is 5.89. The van der Waals surface area contributed by atoms with Crippen LogP contribution in [0.2, 0.25) is 0 Å². The second-order valence-corrected chi connectivity index (χ2v) is 6.03. The van der Waals surface area contributed by atoms with Gasteiger partial charge in [0.25, 0.3) is 0 Å². The van der Waals surface area contributed by atoms with Crippen LogP contribution in [0, 0.1) is 11.3 Å². The third-order valence-electron chi connectivity index (χ3n) is 4.61. The lowest BCUT2D eigenvalue weighted by atomic mass is 9.91. The first-order chi connectivity index (χ1) is 11.8. The van der Waals surface area contributed by atoms with Crippen molar-refractivity contribution in [1.29, 1.82) is 5.26 Å². The Balaban J connectivity index is 1.77. The predicted molar refractivity (Wildman–Crippen MR) is 88.0 cm³/mol. The van der Waals surface area contributed by atoms with E-state index in [1.165, 1.54) is 0 Å². The molecule has 0 spiro atoms. The van der Waals surface area contributed by atoms with E-state index in [2.05, 4.69) is 19.9 Å². The van der Waals surface area contributed by atoms with Crippen LogP contribution in [-0.4, -0.2) is 43.8 Å². The van der Waals surface area contributed by atoms with Gasteiger partial charge in [-0.25, -0.2) is 15.0 Å². The summed E-state index contributed by atoms with van der Waals surface area (Å²) < 4.78 is 0. The van der Waals surface area contributed by atoms with Gasteiger partial charge in [0, 0.05) is 36.0 Å². The molecule has 0 aromatic carbocycles. The Bertz CT molecular complexity index is 957. The first-order valence-corrected chi connectivity index (χ1v) is 7.99. The van der Waals surface area contributed by atoms with Gasteiger partial charge in [-0.3, -0.25) is 4.79 Å². The standard InChI is InChI=1S/C17H16N6O/c18-5-3-14(24)23-7-1-2-11(9-23)16-15-12-4-6-19-17(12)20-8-13(15)21-10-22-16/h4,6,8,10-11H,1-3,7,9H2,(H,19,20)/t11-/m0/s1. The van der Waals surface area contributed by atoms with Crippen molar-refractivity contribution in [3.8, 4) is 6.07 Å². The van der Waals surface area contributed by atoms with E-state index in [4.69, 9.17) is 5.26 Å². The Morgan fingerprint density at radius 2 is 2.33 bits per heavy atom. The van der Waals surface area contributed by atoms with Crippen molar-refractivity contribution in [2.45, 2.75) is 25.2 Å². The zero-order chi connectivity index (χ0) is 16.5. The molecule has 1 N–H and O–H groups in total. The quantitative estimate of drug-likeness (QED) is 0.780. The minimum Gasteiger partial charge on any atom is -0.346 e. The van der Waals surface area contributed by atoms with Gasteiger partial charge in [-0.1, -0.05) is 0 Å². The molecule has 1 saturated heterocycles. The first-order valence-electron chi connectivity index (χ1n) is 7.99. The largest absolute Gasteiger partial charge is 0.346 e. The fourth-order valence-electron chi connectivity index (χ4n) is 3.50. The van der Waals surface area contributed by atoms with Gasteiger partial charge in [0.2, 0.25) is 5.91 Å². The lowest BCUT2D eigenvalue weighted by Crippen LogP contribution is -2.39. The second-order valence-electron chi connectivity index (χ2n) is 6.03. The minimum absolute atomic E-state index is 0.0663. The van der Waals surface area contributed by atoms with Crippen LogP contribution in [0.1, 0.15) is 30.9 Å². The Morgan fingerprint density at radius 3 is 3.21 bits per heavy atom. The molecule has 1 aliphatic rings. The van der Waals surface area contributed by atoms with E-state index in [1.807, 2.05) is 18.3 Å². The summed E-state index contributed by atoms with van der Waals surface area (Å²) in [6.45, 7) is 1.31. The summed E-state index contributed by atoms with van der Waals surface area (Å²) in [7, 11) is 0. The van der Waals surface area contributed by atoms with Crippen LogP contribution in [0.15, 0.2) is 24.8 Å². The van der Waals surface area contributed by atoms with Gasteiger partial charge in [0.15, 0.2) is 0 Å². The third kappa shape index (κ3) is 2.36. The van der Waals surface area contributed by atoms with Crippen LogP contribution >= 0.6 is 0 Å². The number of nitrogens with zero attached hydrogens (tertiary/aromatic N) is 5. The van der Waals surface area contributed by atoms with Crippen molar-refractivity contribution in [1.82, 2.24) is 24.8 Å². The molecule has 1 aliphatic heterocycles. The molecule has 4 rings (SSSR count). The number of hydrogen-bond donors (Lipinski definition) is 1. The molecular weight excluding hydrogens is 304 g/mol. The van der Waals surface area contributed by atoms with E-state index in [1.54, 1.807) is 17.4 Å². The number of aromatic nitrogens is 4. The first kappa shape index (κ1) is 14.6. The highest BCUT2D eigenvalue weighted by atomic mass is 16.2. The monoisotopic (exact) mass is 320 g/mol. The minimum atomic E-state index is -0.103. The van der Waals surface area contributed by atoms with Crippen LogP contribution in [0.3, 0.4) is 0 Å². The number of amides is 1. The predicted octanol–water partition coefficient (Wildman–Crippen LogP) is 2.13. The molecule has 3 aromatic heterocycles. The van der Waals surface area contributed by atoms with Gasteiger partial charge in [-0.05, 0) is 18.9 Å². The number of pyridine rings is 1. The van der Waals surface area contributed by atoms with Crippen LogP contribution in [0.5, 0.6) is 0 Å². The van der Waals surface area contributed by atoms with Gasteiger partial charge in [-0.2, -0.15) is 5.26 Å². The number of likely N-dealkylation sites (tertiary alicyclic amines) is 1. The van der Waals surface area contributed by atoms with E-state index in [9.17, 15) is 4.79 Å². The van der Waals surface area contributed by atoms with Crippen molar-refractivity contribution >= 4 is 27.8 Å². The number of piperidine rings is 1. The summed E-state index contributed by atoms with van der Waals surface area (Å²) in [6, 6.07) is 3.93.